The van der Waals surface area contributed by atoms with Crippen molar-refractivity contribution in [3.8, 4) is 0 Å². The van der Waals surface area contributed by atoms with Crippen LogP contribution in [-0.4, -0.2) is 21.3 Å². The van der Waals surface area contributed by atoms with Gasteiger partial charge in [0.1, 0.15) is 0 Å². The Morgan fingerprint density at radius 2 is 2.31 bits per heavy atom. The predicted molar refractivity (Wildman–Crippen MR) is 51.6 cm³/mol. The van der Waals surface area contributed by atoms with Crippen molar-refractivity contribution in [2.24, 2.45) is 0 Å². The van der Waals surface area contributed by atoms with Crippen LogP contribution in [0, 0.1) is 0 Å². The Morgan fingerprint density at radius 1 is 1.69 bits per heavy atom. The van der Waals surface area contributed by atoms with Gasteiger partial charge in [-0.15, -0.1) is 11.8 Å². The maximum atomic E-state index is 13.7. The van der Waals surface area contributed by atoms with Crippen LogP contribution in [0.25, 0.3) is 0 Å². The molecule has 1 aliphatic rings. The molecule has 1 saturated carbocycles. The molecule has 0 amide bonds. The van der Waals surface area contributed by atoms with E-state index in [-0.39, 0.29) is 11.7 Å². The first-order valence-corrected chi connectivity index (χ1v) is 5.56. The zero-order chi connectivity index (χ0) is 9.90. The molecule has 2 nitrogen and oxygen atoms in total. The average molecular weight is 206 g/mol. The molecule has 0 saturated heterocycles. The first-order chi connectivity index (χ1) is 6.08. The number of thioether (sulfide) groups is 1. The first-order valence-electron chi connectivity index (χ1n) is 4.68. The molecule has 1 atom stereocenters. The number of hydrogen-bond donors (Lipinski definition) is 1. The number of carboxylic acid groups (broad SMARTS) is 1. The molecule has 76 valence electrons. The van der Waals surface area contributed by atoms with Crippen molar-refractivity contribution in [2.75, 3.05) is 0 Å². The third kappa shape index (κ3) is 2.59. The van der Waals surface area contributed by atoms with E-state index in [1.54, 1.807) is 6.92 Å². The Morgan fingerprint density at radius 3 is 2.62 bits per heavy atom. The van der Waals surface area contributed by atoms with Gasteiger partial charge in [-0.25, -0.2) is 9.18 Å². The van der Waals surface area contributed by atoms with Gasteiger partial charge in [0.25, 0.3) is 5.00 Å². The van der Waals surface area contributed by atoms with Crippen LogP contribution < -0.4 is 0 Å². The van der Waals surface area contributed by atoms with Crippen LogP contribution in [-0.2, 0) is 4.79 Å². The largest absolute Gasteiger partial charge is 0.478 e. The van der Waals surface area contributed by atoms with Crippen LogP contribution in [0.1, 0.15) is 39.0 Å². The summed E-state index contributed by atoms with van der Waals surface area (Å²) in [6.07, 6.45) is 3.73. The molecule has 1 aliphatic carbocycles. The summed E-state index contributed by atoms with van der Waals surface area (Å²) in [7, 11) is 0. The highest BCUT2D eigenvalue weighted by Gasteiger charge is 2.42. The fourth-order valence-corrected chi connectivity index (χ4v) is 2.81. The van der Waals surface area contributed by atoms with E-state index >= 15 is 0 Å². The Labute approximate surface area is 81.9 Å². The van der Waals surface area contributed by atoms with Crippen LogP contribution in [0.4, 0.5) is 4.39 Å². The Hall–Kier alpha value is -0.250. The normalized spacial score (nSPS) is 22.0. The van der Waals surface area contributed by atoms with Gasteiger partial charge in [0, 0.05) is 11.7 Å². The third-order valence-electron chi connectivity index (χ3n) is 2.30. The first kappa shape index (κ1) is 10.8. The van der Waals surface area contributed by atoms with E-state index in [0.29, 0.717) is 6.42 Å². The minimum atomic E-state index is -2.04. The second-order valence-corrected chi connectivity index (χ2v) is 5.00. The highest BCUT2D eigenvalue weighted by Crippen LogP contribution is 2.43. The lowest BCUT2D eigenvalue weighted by molar-refractivity contribution is -0.145. The summed E-state index contributed by atoms with van der Waals surface area (Å²) in [5.41, 5.74) is 0. The molecule has 1 N–H and O–H groups in total. The van der Waals surface area contributed by atoms with Gasteiger partial charge in [0.15, 0.2) is 0 Å². The summed E-state index contributed by atoms with van der Waals surface area (Å²) >= 11 is 1.00. The lowest BCUT2D eigenvalue weighted by atomic mass is 10.00. The van der Waals surface area contributed by atoms with Gasteiger partial charge in [-0.3, -0.25) is 0 Å². The quantitative estimate of drug-likeness (QED) is 0.751. The van der Waals surface area contributed by atoms with E-state index < -0.39 is 11.0 Å². The maximum absolute atomic E-state index is 13.7. The zero-order valence-electron chi connectivity index (χ0n) is 7.75. The van der Waals surface area contributed by atoms with Crippen molar-refractivity contribution in [3.05, 3.63) is 0 Å². The fraction of sp³-hybridized carbons (Fsp3) is 0.889. The van der Waals surface area contributed by atoms with Crippen molar-refractivity contribution in [1.29, 1.82) is 0 Å². The van der Waals surface area contributed by atoms with E-state index in [4.69, 9.17) is 5.11 Å². The molecule has 0 bridgehead atoms. The molecule has 0 aromatic rings. The monoisotopic (exact) mass is 206 g/mol. The smallest absolute Gasteiger partial charge is 0.352 e. The lowest BCUT2D eigenvalue weighted by Crippen LogP contribution is -2.33. The van der Waals surface area contributed by atoms with Crippen molar-refractivity contribution in [2.45, 2.75) is 49.3 Å². The van der Waals surface area contributed by atoms with Crippen molar-refractivity contribution in [1.82, 2.24) is 0 Å². The molecule has 0 spiro atoms. The van der Waals surface area contributed by atoms with Gasteiger partial charge in [-0.05, 0) is 12.8 Å². The molecule has 0 heterocycles. The number of carbonyl (C=O) groups is 1. The van der Waals surface area contributed by atoms with Crippen LogP contribution in [0.5, 0.6) is 0 Å². The standard InChI is InChI=1S/C9H15FO2S/c1-2-6-9(10,8(11)12)13-7-4-3-5-7/h7H,2-6H2,1H3,(H,11,12). The summed E-state index contributed by atoms with van der Waals surface area (Å²) in [4.78, 5) is 10.7. The third-order valence-corrected chi connectivity index (χ3v) is 3.85. The minimum Gasteiger partial charge on any atom is -0.478 e. The molecular weight excluding hydrogens is 191 g/mol. The predicted octanol–water partition coefficient (Wildman–Crippen LogP) is 2.82. The molecule has 1 rings (SSSR count). The fourth-order valence-electron chi connectivity index (χ4n) is 1.29. The number of hydrogen-bond acceptors (Lipinski definition) is 2. The van der Waals surface area contributed by atoms with Crippen LogP contribution in [0.15, 0.2) is 0 Å². The van der Waals surface area contributed by atoms with Gasteiger partial charge in [0.2, 0.25) is 0 Å². The molecule has 13 heavy (non-hydrogen) atoms. The van der Waals surface area contributed by atoms with Crippen molar-refractivity contribution >= 4 is 17.7 Å². The highest BCUT2D eigenvalue weighted by molar-refractivity contribution is 8.01. The second-order valence-electron chi connectivity index (χ2n) is 3.45. The number of halogens is 1. The molecule has 0 aromatic carbocycles. The summed E-state index contributed by atoms with van der Waals surface area (Å²) in [6, 6.07) is 0. The number of rotatable bonds is 5. The van der Waals surface area contributed by atoms with Gasteiger partial charge in [-0.2, -0.15) is 0 Å². The SMILES string of the molecule is CCCC(F)(SC1CCC1)C(=O)O. The average Bonchev–Trinajstić information content (AvgIpc) is 1.97. The van der Waals surface area contributed by atoms with Crippen LogP contribution in [0.2, 0.25) is 0 Å². The summed E-state index contributed by atoms with van der Waals surface area (Å²) in [6.45, 7) is 1.80. The zero-order valence-corrected chi connectivity index (χ0v) is 8.57. The molecular formula is C9H15FO2S. The summed E-state index contributed by atoms with van der Waals surface area (Å²) < 4.78 is 13.7. The van der Waals surface area contributed by atoms with Crippen LogP contribution in [0.3, 0.4) is 0 Å². The topological polar surface area (TPSA) is 37.3 Å². The Kier molecular flexibility index (Phi) is 3.59. The number of alkyl halides is 1. The summed E-state index contributed by atoms with van der Waals surface area (Å²) in [5, 5.41) is 6.92. The lowest BCUT2D eigenvalue weighted by Gasteiger charge is -2.30. The van der Waals surface area contributed by atoms with Crippen molar-refractivity contribution in [3.63, 3.8) is 0 Å². The Bertz CT molecular complexity index is 194. The molecule has 0 aromatic heterocycles. The maximum Gasteiger partial charge on any atom is 0.352 e. The van der Waals surface area contributed by atoms with Crippen LogP contribution >= 0.6 is 11.8 Å². The van der Waals surface area contributed by atoms with Gasteiger partial charge >= 0.3 is 5.97 Å². The van der Waals surface area contributed by atoms with E-state index in [2.05, 4.69) is 0 Å². The summed E-state index contributed by atoms with van der Waals surface area (Å²) in [5.74, 6) is -1.31. The molecule has 1 unspecified atom stereocenters. The molecule has 4 heteroatoms. The van der Waals surface area contributed by atoms with E-state index in [0.717, 1.165) is 31.0 Å². The van der Waals surface area contributed by atoms with Gasteiger partial charge in [0.05, 0.1) is 0 Å². The van der Waals surface area contributed by atoms with E-state index in [1.165, 1.54) is 0 Å². The van der Waals surface area contributed by atoms with E-state index in [1.807, 2.05) is 0 Å². The van der Waals surface area contributed by atoms with Crippen molar-refractivity contribution < 1.29 is 14.3 Å². The molecule has 1 fully saturated rings. The van der Waals surface area contributed by atoms with E-state index in [9.17, 15) is 9.18 Å². The van der Waals surface area contributed by atoms with Gasteiger partial charge < -0.3 is 5.11 Å². The van der Waals surface area contributed by atoms with Gasteiger partial charge in [-0.1, -0.05) is 19.8 Å². The number of aliphatic carboxylic acids is 1. The molecule has 0 aliphatic heterocycles. The highest BCUT2D eigenvalue weighted by atomic mass is 32.2. The Balaban J connectivity index is 2.49. The second kappa shape index (κ2) is 4.31. The molecule has 0 radical (unpaired) electrons. The minimum absolute atomic E-state index is 0.115. The number of carboxylic acids is 1.